The molecule has 32 heavy (non-hydrogen) atoms. The van der Waals surface area contributed by atoms with Gasteiger partial charge in [-0.1, -0.05) is 30.3 Å². The topological polar surface area (TPSA) is 83.8 Å². The molecule has 0 radical (unpaired) electrons. The molecule has 0 saturated heterocycles. The Morgan fingerprint density at radius 3 is 2.84 bits per heavy atom. The molecule has 1 aromatic heterocycles. The fourth-order valence-corrected chi connectivity index (χ4v) is 4.06. The number of rotatable bonds is 8. The van der Waals surface area contributed by atoms with Crippen molar-refractivity contribution in [1.82, 2.24) is 5.32 Å². The minimum Gasteiger partial charge on any atom is -0.467 e. The summed E-state index contributed by atoms with van der Waals surface area (Å²) in [5, 5.41) is 5.71. The first-order valence-electron chi connectivity index (χ1n) is 10.6. The molecule has 1 atom stereocenters. The summed E-state index contributed by atoms with van der Waals surface area (Å²) in [7, 11) is 1.47. The average Bonchev–Trinajstić information content (AvgIpc) is 3.37. The molecular weight excluding hydrogens is 406 g/mol. The van der Waals surface area contributed by atoms with Gasteiger partial charge in [0.05, 0.1) is 18.4 Å². The number of nitrogens with one attached hydrogen (secondary N) is 2. The predicted molar refractivity (Wildman–Crippen MR) is 123 cm³/mol. The highest BCUT2D eigenvalue weighted by molar-refractivity contribution is 5.95. The van der Waals surface area contributed by atoms with Crippen molar-refractivity contribution in [3.63, 3.8) is 0 Å². The smallest absolute Gasteiger partial charge is 0.255 e. The van der Waals surface area contributed by atoms with Gasteiger partial charge in [0.2, 0.25) is 5.91 Å². The number of furan rings is 1. The molecule has 2 heterocycles. The number of amides is 2. The van der Waals surface area contributed by atoms with Crippen LogP contribution in [0.1, 0.15) is 34.2 Å². The van der Waals surface area contributed by atoms with Crippen molar-refractivity contribution < 1.29 is 18.7 Å². The number of benzene rings is 2. The van der Waals surface area contributed by atoms with E-state index in [-0.39, 0.29) is 18.4 Å². The summed E-state index contributed by atoms with van der Waals surface area (Å²) in [5.41, 5.74) is 4.57. The molecule has 2 N–H and O–H groups in total. The third kappa shape index (κ3) is 4.84. The second-order valence-corrected chi connectivity index (χ2v) is 7.93. The Morgan fingerprint density at radius 1 is 1.16 bits per heavy atom. The molecule has 7 nitrogen and oxygen atoms in total. The third-order valence-electron chi connectivity index (χ3n) is 5.59. The summed E-state index contributed by atoms with van der Waals surface area (Å²) in [6, 6.07) is 17.7. The van der Waals surface area contributed by atoms with Crippen LogP contribution in [0.3, 0.4) is 0 Å². The molecule has 0 spiro atoms. The Morgan fingerprint density at radius 2 is 2.00 bits per heavy atom. The SMILES string of the molecule is COCC(=O)Nc1cccc(CNC(=O)c2ccoc2CN2c3ccccc3CC2C)c1. The Labute approximate surface area is 187 Å². The average molecular weight is 434 g/mol. The molecular formula is C25H27N3O4. The molecule has 1 unspecified atom stereocenters. The number of carbonyl (C=O) groups is 2. The van der Waals surface area contributed by atoms with Gasteiger partial charge in [0, 0.05) is 31.1 Å². The van der Waals surface area contributed by atoms with E-state index in [9.17, 15) is 9.59 Å². The predicted octanol–water partition coefficient (Wildman–Crippen LogP) is 3.75. The zero-order valence-electron chi connectivity index (χ0n) is 18.3. The summed E-state index contributed by atoms with van der Waals surface area (Å²) < 4.78 is 10.5. The van der Waals surface area contributed by atoms with Crippen molar-refractivity contribution >= 4 is 23.2 Å². The number of carbonyl (C=O) groups excluding carboxylic acids is 2. The van der Waals surface area contributed by atoms with Crippen molar-refractivity contribution in [3.05, 3.63) is 83.3 Å². The van der Waals surface area contributed by atoms with Gasteiger partial charge in [0.1, 0.15) is 12.4 Å². The van der Waals surface area contributed by atoms with Crippen LogP contribution in [0.4, 0.5) is 11.4 Å². The standard InChI is InChI=1S/C25H27N3O4/c1-17-12-19-7-3-4-9-22(19)28(17)15-23-21(10-11-32-23)25(30)26-14-18-6-5-8-20(13-18)27-24(29)16-31-2/h3-11,13,17H,12,14-16H2,1-2H3,(H,26,30)(H,27,29). The zero-order valence-corrected chi connectivity index (χ0v) is 18.3. The molecule has 166 valence electrons. The van der Waals surface area contributed by atoms with E-state index in [1.807, 2.05) is 24.3 Å². The fourth-order valence-electron chi connectivity index (χ4n) is 4.06. The number of hydrogen-bond donors (Lipinski definition) is 2. The molecule has 2 amide bonds. The van der Waals surface area contributed by atoms with Crippen molar-refractivity contribution in [1.29, 1.82) is 0 Å². The minimum absolute atomic E-state index is 0.00958. The maximum Gasteiger partial charge on any atom is 0.255 e. The summed E-state index contributed by atoms with van der Waals surface area (Å²) in [5.74, 6) is 0.226. The van der Waals surface area contributed by atoms with E-state index in [0.717, 1.165) is 12.0 Å². The van der Waals surface area contributed by atoms with Crippen LogP contribution >= 0.6 is 0 Å². The van der Waals surface area contributed by atoms with Crippen molar-refractivity contribution in [2.24, 2.45) is 0 Å². The maximum absolute atomic E-state index is 12.9. The monoisotopic (exact) mass is 433 g/mol. The van der Waals surface area contributed by atoms with Gasteiger partial charge in [-0.3, -0.25) is 9.59 Å². The van der Waals surface area contributed by atoms with Crippen LogP contribution in [0.5, 0.6) is 0 Å². The minimum atomic E-state index is -0.227. The molecule has 1 aliphatic rings. The zero-order chi connectivity index (χ0) is 22.5. The first kappa shape index (κ1) is 21.6. The van der Waals surface area contributed by atoms with Crippen LogP contribution in [0, 0.1) is 0 Å². The van der Waals surface area contributed by atoms with Gasteiger partial charge in [0.25, 0.3) is 5.91 Å². The summed E-state index contributed by atoms with van der Waals surface area (Å²) in [6.45, 7) is 3.04. The Kier molecular flexibility index (Phi) is 6.56. The normalized spacial score (nSPS) is 14.8. The lowest BCUT2D eigenvalue weighted by Gasteiger charge is -2.24. The summed E-state index contributed by atoms with van der Waals surface area (Å²) in [4.78, 5) is 26.9. The quantitative estimate of drug-likeness (QED) is 0.565. The van der Waals surface area contributed by atoms with Gasteiger partial charge in [-0.2, -0.15) is 0 Å². The van der Waals surface area contributed by atoms with E-state index in [1.54, 1.807) is 18.4 Å². The van der Waals surface area contributed by atoms with E-state index in [4.69, 9.17) is 9.15 Å². The van der Waals surface area contributed by atoms with E-state index in [2.05, 4.69) is 40.7 Å². The van der Waals surface area contributed by atoms with Gasteiger partial charge in [-0.05, 0) is 48.7 Å². The highest BCUT2D eigenvalue weighted by atomic mass is 16.5. The van der Waals surface area contributed by atoms with Gasteiger partial charge in [-0.15, -0.1) is 0 Å². The lowest BCUT2D eigenvalue weighted by Crippen LogP contribution is -2.30. The number of anilines is 2. The molecule has 1 aliphatic heterocycles. The first-order valence-corrected chi connectivity index (χ1v) is 10.6. The van der Waals surface area contributed by atoms with E-state index in [1.165, 1.54) is 18.4 Å². The van der Waals surface area contributed by atoms with Crippen molar-refractivity contribution in [2.75, 3.05) is 23.9 Å². The lowest BCUT2D eigenvalue weighted by atomic mass is 10.1. The number of methoxy groups -OCH3 is 1. The fraction of sp³-hybridized carbons (Fsp3) is 0.280. The third-order valence-corrected chi connectivity index (χ3v) is 5.59. The number of hydrogen-bond acceptors (Lipinski definition) is 5. The first-order chi connectivity index (χ1) is 15.5. The Balaban J connectivity index is 1.40. The van der Waals surface area contributed by atoms with Crippen LogP contribution in [0.15, 0.2) is 65.3 Å². The number of fused-ring (bicyclic) bond motifs is 1. The highest BCUT2D eigenvalue weighted by Crippen LogP contribution is 2.33. The molecule has 3 aromatic rings. The Hall–Kier alpha value is -3.58. The molecule has 0 bridgehead atoms. The number of nitrogens with zero attached hydrogens (tertiary/aromatic N) is 1. The summed E-state index contributed by atoms with van der Waals surface area (Å²) in [6.07, 6.45) is 2.54. The van der Waals surface area contributed by atoms with Gasteiger partial charge in [0.15, 0.2) is 0 Å². The van der Waals surface area contributed by atoms with E-state index >= 15 is 0 Å². The van der Waals surface area contributed by atoms with Crippen molar-refractivity contribution in [2.45, 2.75) is 32.5 Å². The number of para-hydroxylation sites is 1. The molecule has 0 fully saturated rings. The van der Waals surface area contributed by atoms with Gasteiger partial charge in [-0.25, -0.2) is 0 Å². The second kappa shape index (κ2) is 9.70. The lowest BCUT2D eigenvalue weighted by molar-refractivity contribution is -0.119. The summed E-state index contributed by atoms with van der Waals surface area (Å²) >= 11 is 0. The molecule has 7 heteroatoms. The second-order valence-electron chi connectivity index (χ2n) is 7.93. The van der Waals surface area contributed by atoms with Crippen LogP contribution < -0.4 is 15.5 Å². The van der Waals surface area contributed by atoms with E-state index in [0.29, 0.717) is 36.1 Å². The maximum atomic E-state index is 12.9. The highest BCUT2D eigenvalue weighted by Gasteiger charge is 2.27. The van der Waals surface area contributed by atoms with Gasteiger partial charge >= 0.3 is 0 Å². The van der Waals surface area contributed by atoms with Crippen molar-refractivity contribution in [3.8, 4) is 0 Å². The van der Waals surface area contributed by atoms with Crippen LogP contribution in [0.2, 0.25) is 0 Å². The Bertz CT molecular complexity index is 1110. The van der Waals surface area contributed by atoms with Crippen LogP contribution in [0.25, 0.3) is 0 Å². The molecule has 2 aromatic carbocycles. The van der Waals surface area contributed by atoms with Crippen LogP contribution in [-0.2, 0) is 29.0 Å². The van der Waals surface area contributed by atoms with E-state index < -0.39 is 0 Å². The molecule has 0 aliphatic carbocycles. The number of ether oxygens (including phenoxy) is 1. The largest absolute Gasteiger partial charge is 0.467 e. The van der Waals surface area contributed by atoms with Gasteiger partial charge < -0.3 is 24.7 Å². The van der Waals surface area contributed by atoms with Crippen LogP contribution in [-0.4, -0.2) is 31.6 Å². The molecule has 0 saturated carbocycles. The molecule has 4 rings (SSSR count).